The van der Waals surface area contributed by atoms with E-state index in [1.807, 2.05) is 18.2 Å². The number of amides is 1. The molecule has 1 atom stereocenters. The maximum atomic E-state index is 12.2. The number of anilines is 1. The van der Waals surface area contributed by atoms with Crippen molar-refractivity contribution in [2.45, 2.75) is 25.3 Å². The molecule has 1 saturated carbocycles. The molecule has 5 heteroatoms. The molecule has 1 aliphatic rings. The average molecular weight is 244 g/mol. The van der Waals surface area contributed by atoms with Crippen molar-refractivity contribution in [2.24, 2.45) is 11.7 Å². The standard InChI is InChI=1S/C13H16N4O/c1-13(14,8-5-6-8)12(18)16-10-3-2-4-11-9(10)7-15-17-11/h2-4,7-8H,5-6,14H2,1H3,(H,15,17)(H,16,18). The van der Waals surface area contributed by atoms with Gasteiger partial charge >= 0.3 is 0 Å². The fraction of sp³-hybridized carbons (Fsp3) is 0.385. The summed E-state index contributed by atoms with van der Waals surface area (Å²) < 4.78 is 0. The first-order valence-corrected chi connectivity index (χ1v) is 6.11. The molecule has 1 heterocycles. The monoisotopic (exact) mass is 244 g/mol. The Morgan fingerprint density at radius 2 is 2.33 bits per heavy atom. The topological polar surface area (TPSA) is 83.8 Å². The molecule has 0 aliphatic heterocycles. The summed E-state index contributed by atoms with van der Waals surface area (Å²) in [4.78, 5) is 12.2. The van der Waals surface area contributed by atoms with Gasteiger partial charge < -0.3 is 11.1 Å². The average Bonchev–Trinajstić information content (AvgIpc) is 3.09. The first-order valence-electron chi connectivity index (χ1n) is 6.11. The molecule has 0 bridgehead atoms. The number of hydrogen-bond donors (Lipinski definition) is 3. The Balaban J connectivity index is 1.88. The van der Waals surface area contributed by atoms with Gasteiger partial charge in [0.05, 0.1) is 22.9 Å². The number of hydrogen-bond acceptors (Lipinski definition) is 3. The minimum Gasteiger partial charge on any atom is -0.324 e. The highest BCUT2D eigenvalue weighted by Crippen LogP contribution is 2.38. The minimum atomic E-state index is -0.786. The third-order valence-electron chi connectivity index (χ3n) is 3.65. The number of rotatable bonds is 3. The van der Waals surface area contributed by atoms with E-state index in [-0.39, 0.29) is 5.91 Å². The third kappa shape index (κ3) is 1.76. The van der Waals surface area contributed by atoms with Gasteiger partial charge in [-0.3, -0.25) is 9.89 Å². The molecule has 2 aromatic rings. The molecular weight excluding hydrogens is 228 g/mol. The smallest absolute Gasteiger partial charge is 0.244 e. The third-order valence-corrected chi connectivity index (χ3v) is 3.65. The van der Waals surface area contributed by atoms with E-state index in [4.69, 9.17) is 5.73 Å². The first-order chi connectivity index (χ1) is 8.59. The molecule has 5 nitrogen and oxygen atoms in total. The van der Waals surface area contributed by atoms with Gasteiger partial charge in [-0.1, -0.05) is 6.07 Å². The largest absolute Gasteiger partial charge is 0.324 e. The number of carbonyl (C=O) groups is 1. The van der Waals surface area contributed by atoms with Crippen LogP contribution in [0.5, 0.6) is 0 Å². The molecule has 4 N–H and O–H groups in total. The summed E-state index contributed by atoms with van der Waals surface area (Å²) in [5.41, 5.74) is 6.97. The van der Waals surface area contributed by atoms with Crippen molar-refractivity contribution in [3.05, 3.63) is 24.4 Å². The van der Waals surface area contributed by atoms with Gasteiger partial charge in [-0.25, -0.2) is 0 Å². The van der Waals surface area contributed by atoms with Crippen LogP contribution in [-0.4, -0.2) is 21.6 Å². The predicted molar refractivity (Wildman–Crippen MR) is 70.0 cm³/mol. The van der Waals surface area contributed by atoms with E-state index < -0.39 is 5.54 Å². The van der Waals surface area contributed by atoms with Gasteiger partial charge in [-0.05, 0) is 37.8 Å². The lowest BCUT2D eigenvalue weighted by Gasteiger charge is -2.23. The Hall–Kier alpha value is -1.88. The summed E-state index contributed by atoms with van der Waals surface area (Å²) >= 11 is 0. The number of nitrogens with one attached hydrogen (secondary N) is 2. The van der Waals surface area contributed by atoms with Gasteiger partial charge in [0.1, 0.15) is 0 Å². The SMILES string of the molecule is CC(N)(C(=O)Nc1cccc2[nH]ncc12)C1CC1. The van der Waals surface area contributed by atoms with Gasteiger partial charge in [-0.15, -0.1) is 0 Å². The Kier molecular flexibility index (Phi) is 2.38. The molecule has 1 unspecified atom stereocenters. The highest BCUT2D eigenvalue weighted by molar-refractivity contribution is 6.04. The van der Waals surface area contributed by atoms with Crippen LogP contribution in [0.2, 0.25) is 0 Å². The normalized spacial score (nSPS) is 18.6. The van der Waals surface area contributed by atoms with Crippen LogP contribution in [0, 0.1) is 5.92 Å². The summed E-state index contributed by atoms with van der Waals surface area (Å²) in [5.74, 6) is 0.180. The summed E-state index contributed by atoms with van der Waals surface area (Å²) in [6.45, 7) is 1.80. The van der Waals surface area contributed by atoms with Crippen molar-refractivity contribution < 1.29 is 4.79 Å². The van der Waals surface area contributed by atoms with Crippen LogP contribution < -0.4 is 11.1 Å². The summed E-state index contributed by atoms with van der Waals surface area (Å²) in [6, 6.07) is 5.65. The van der Waals surface area contributed by atoms with Crippen LogP contribution in [-0.2, 0) is 4.79 Å². The van der Waals surface area contributed by atoms with E-state index >= 15 is 0 Å². The first kappa shape index (κ1) is 11.2. The zero-order valence-electron chi connectivity index (χ0n) is 10.2. The number of fused-ring (bicyclic) bond motifs is 1. The number of benzene rings is 1. The lowest BCUT2D eigenvalue weighted by Crippen LogP contribution is -2.50. The molecule has 1 fully saturated rings. The van der Waals surface area contributed by atoms with E-state index in [0.29, 0.717) is 5.92 Å². The quantitative estimate of drug-likeness (QED) is 0.767. The number of carbonyl (C=O) groups excluding carboxylic acids is 1. The van der Waals surface area contributed by atoms with Gasteiger partial charge in [0.25, 0.3) is 0 Å². The number of H-pyrrole nitrogens is 1. The van der Waals surface area contributed by atoms with Crippen molar-refractivity contribution in [2.75, 3.05) is 5.32 Å². The molecule has 1 aliphatic carbocycles. The summed E-state index contributed by atoms with van der Waals surface area (Å²) in [6.07, 6.45) is 3.78. The van der Waals surface area contributed by atoms with Crippen LogP contribution in [0.15, 0.2) is 24.4 Å². The zero-order chi connectivity index (χ0) is 12.8. The number of aromatic amines is 1. The summed E-state index contributed by atoms with van der Waals surface area (Å²) in [7, 11) is 0. The van der Waals surface area contributed by atoms with Crippen LogP contribution in [0.3, 0.4) is 0 Å². The van der Waals surface area contributed by atoms with E-state index in [1.54, 1.807) is 13.1 Å². The van der Waals surface area contributed by atoms with E-state index in [0.717, 1.165) is 29.4 Å². The molecule has 0 radical (unpaired) electrons. The van der Waals surface area contributed by atoms with Crippen molar-refractivity contribution >= 4 is 22.5 Å². The fourth-order valence-corrected chi connectivity index (χ4v) is 2.20. The zero-order valence-corrected chi connectivity index (χ0v) is 10.2. The van der Waals surface area contributed by atoms with Crippen molar-refractivity contribution in [3.8, 4) is 0 Å². The fourth-order valence-electron chi connectivity index (χ4n) is 2.20. The molecule has 18 heavy (non-hydrogen) atoms. The van der Waals surface area contributed by atoms with Gasteiger partial charge in [0, 0.05) is 5.39 Å². The van der Waals surface area contributed by atoms with E-state index in [1.165, 1.54) is 0 Å². The van der Waals surface area contributed by atoms with Crippen LogP contribution in [0.25, 0.3) is 10.9 Å². The Morgan fingerprint density at radius 1 is 1.56 bits per heavy atom. The molecular formula is C13H16N4O. The summed E-state index contributed by atoms with van der Waals surface area (Å²) in [5, 5.41) is 10.7. The molecule has 1 amide bonds. The highest BCUT2D eigenvalue weighted by Gasteiger charge is 2.44. The van der Waals surface area contributed by atoms with Gasteiger partial charge in [-0.2, -0.15) is 5.10 Å². The van der Waals surface area contributed by atoms with Crippen molar-refractivity contribution in [1.29, 1.82) is 0 Å². The van der Waals surface area contributed by atoms with Crippen LogP contribution in [0.4, 0.5) is 5.69 Å². The molecule has 1 aromatic carbocycles. The maximum absolute atomic E-state index is 12.2. The Morgan fingerprint density at radius 3 is 3.06 bits per heavy atom. The number of nitrogens with two attached hydrogens (primary N) is 1. The van der Waals surface area contributed by atoms with Gasteiger partial charge in [0.15, 0.2) is 0 Å². The number of nitrogens with zero attached hydrogens (tertiary/aromatic N) is 1. The van der Waals surface area contributed by atoms with Crippen molar-refractivity contribution in [3.63, 3.8) is 0 Å². The van der Waals surface area contributed by atoms with Gasteiger partial charge in [0.2, 0.25) is 5.91 Å². The molecule has 1 aromatic heterocycles. The lowest BCUT2D eigenvalue weighted by atomic mass is 9.96. The minimum absolute atomic E-state index is 0.126. The van der Waals surface area contributed by atoms with E-state index in [2.05, 4.69) is 15.5 Å². The van der Waals surface area contributed by atoms with Crippen LogP contribution in [0.1, 0.15) is 19.8 Å². The molecule has 0 spiro atoms. The molecule has 94 valence electrons. The Labute approximate surface area is 105 Å². The second-order valence-corrected chi connectivity index (χ2v) is 5.15. The van der Waals surface area contributed by atoms with Crippen molar-refractivity contribution in [1.82, 2.24) is 10.2 Å². The van der Waals surface area contributed by atoms with E-state index in [9.17, 15) is 4.79 Å². The highest BCUT2D eigenvalue weighted by atomic mass is 16.2. The molecule has 0 saturated heterocycles. The Bertz CT molecular complexity index is 598. The lowest BCUT2D eigenvalue weighted by molar-refractivity contribution is -0.121. The molecule has 3 rings (SSSR count). The second-order valence-electron chi connectivity index (χ2n) is 5.15. The maximum Gasteiger partial charge on any atom is 0.244 e. The van der Waals surface area contributed by atoms with Crippen LogP contribution >= 0.6 is 0 Å². The predicted octanol–water partition coefficient (Wildman–Crippen LogP) is 1.63. The number of aromatic nitrogens is 2. The second kappa shape index (κ2) is 3.81.